The highest BCUT2D eigenvalue weighted by Crippen LogP contribution is 2.17. The molecule has 0 spiro atoms. The van der Waals surface area contributed by atoms with E-state index in [1.54, 1.807) is 0 Å². The highest BCUT2D eigenvalue weighted by Gasteiger charge is 2.00. The predicted octanol–water partition coefficient (Wildman–Crippen LogP) is 4.72. The van der Waals surface area contributed by atoms with E-state index in [4.69, 9.17) is 0 Å². The normalized spacial score (nSPS) is 11.2. The first-order valence-electron chi connectivity index (χ1n) is 7.06. The summed E-state index contributed by atoms with van der Waals surface area (Å²) in [5.41, 5.74) is 2.77. The topological polar surface area (TPSA) is 12.0 Å². The maximum absolute atomic E-state index is 3.51. The number of thiophene rings is 1. The van der Waals surface area contributed by atoms with Crippen molar-refractivity contribution < 1.29 is 0 Å². The number of nitrogens with one attached hydrogen (secondary N) is 1. The van der Waals surface area contributed by atoms with Crippen LogP contribution in [0.3, 0.4) is 0 Å². The minimum atomic E-state index is 0.612. The molecule has 0 aliphatic carbocycles. The second-order valence-electron chi connectivity index (χ2n) is 5.22. The lowest BCUT2D eigenvalue weighted by Crippen LogP contribution is -2.11. The van der Waals surface area contributed by atoms with Gasteiger partial charge in [-0.2, -0.15) is 0 Å². The molecule has 0 amide bonds. The van der Waals surface area contributed by atoms with Crippen molar-refractivity contribution in [1.82, 2.24) is 5.32 Å². The van der Waals surface area contributed by atoms with E-state index in [1.807, 2.05) is 11.3 Å². The molecular weight excluding hydrogens is 250 g/mol. The largest absolute Gasteiger partial charge is 0.308 e. The van der Waals surface area contributed by atoms with E-state index in [1.165, 1.54) is 20.9 Å². The van der Waals surface area contributed by atoms with Crippen molar-refractivity contribution in [2.24, 2.45) is 0 Å². The van der Waals surface area contributed by atoms with E-state index < -0.39 is 0 Å². The predicted molar refractivity (Wildman–Crippen MR) is 84.8 cm³/mol. The fourth-order valence-electron chi connectivity index (χ4n) is 2.06. The minimum Gasteiger partial charge on any atom is -0.308 e. The van der Waals surface area contributed by atoms with Crippen LogP contribution in [0.25, 0.3) is 0 Å². The minimum absolute atomic E-state index is 0.612. The fraction of sp³-hybridized carbons (Fsp3) is 0.412. The second kappa shape index (κ2) is 6.88. The molecule has 2 heteroatoms. The number of hydrogen-bond donors (Lipinski definition) is 1. The van der Waals surface area contributed by atoms with Crippen LogP contribution in [0.1, 0.15) is 47.6 Å². The van der Waals surface area contributed by atoms with Gasteiger partial charge in [-0.1, -0.05) is 45.0 Å². The van der Waals surface area contributed by atoms with E-state index in [-0.39, 0.29) is 0 Å². The average molecular weight is 273 g/mol. The average Bonchev–Trinajstić information content (AvgIpc) is 2.87. The molecule has 19 heavy (non-hydrogen) atoms. The molecule has 1 aromatic carbocycles. The van der Waals surface area contributed by atoms with Crippen molar-refractivity contribution in [2.45, 2.75) is 46.2 Å². The van der Waals surface area contributed by atoms with Crippen LogP contribution in [-0.2, 0) is 19.5 Å². The standard InChI is InChI=1S/C17H23NS/c1-4-16-9-10-17(19-16)12-18-11-14-5-7-15(8-6-14)13(2)3/h5-10,13,18H,4,11-12H2,1-3H3. The van der Waals surface area contributed by atoms with E-state index in [2.05, 4.69) is 62.5 Å². The van der Waals surface area contributed by atoms with Crippen molar-refractivity contribution in [3.8, 4) is 0 Å². The Morgan fingerprint density at radius 2 is 1.63 bits per heavy atom. The molecule has 1 N–H and O–H groups in total. The van der Waals surface area contributed by atoms with Crippen LogP contribution < -0.4 is 5.32 Å². The van der Waals surface area contributed by atoms with Gasteiger partial charge in [0.05, 0.1) is 0 Å². The molecule has 0 saturated carbocycles. The van der Waals surface area contributed by atoms with Gasteiger partial charge >= 0.3 is 0 Å². The van der Waals surface area contributed by atoms with E-state index in [9.17, 15) is 0 Å². The van der Waals surface area contributed by atoms with Crippen molar-refractivity contribution in [2.75, 3.05) is 0 Å². The highest BCUT2D eigenvalue weighted by atomic mass is 32.1. The monoisotopic (exact) mass is 273 g/mol. The molecule has 0 unspecified atom stereocenters. The third-order valence-electron chi connectivity index (χ3n) is 3.34. The van der Waals surface area contributed by atoms with Gasteiger partial charge in [-0.15, -0.1) is 11.3 Å². The first-order chi connectivity index (χ1) is 9.19. The van der Waals surface area contributed by atoms with Crippen molar-refractivity contribution in [3.05, 3.63) is 57.3 Å². The van der Waals surface area contributed by atoms with Gasteiger partial charge < -0.3 is 5.32 Å². The molecule has 1 aromatic heterocycles. The lowest BCUT2D eigenvalue weighted by Gasteiger charge is -2.07. The molecule has 0 saturated heterocycles. The molecule has 2 aromatic rings. The first-order valence-corrected chi connectivity index (χ1v) is 7.88. The van der Waals surface area contributed by atoms with Gasteiger partial charge in [0, 0.05) is 22.8 Å². The summed E-state index contributed by atoms with van der Waals surface area (Å²) in [4.78, 5) is 2.90. The molecule has 0 fully saturated rings. The van der Waals surface area contributed by atoms with Crippen LogP contribution in [0.4, 0.5) is 0 Å². The zero-order chi connectivity index (χ0) is 13.7. The van der Waals surface area contributed by atoms with Gasteiger partial charge in [0.2, 0.25) is 0 Å². The fourth-order valence-corrected chi connectivity index (χ4v) is 2.99. The summed E-state index contributed by atoms with van der Waals surface area (Å²) in [6.07, 6.45) is 1.14. The molecule has 0 atom stereocenters. The van der Waals surface area contributed by atoms with Gasteiger partial charge in [-0.3, -0.25) is 0 Å². The van der Waals surface area contributed by atoms with Gasteiger partial charge in [-0.05, 0) is 35.6 Å². The quantitative estimate of drug-likeness (QED) is 0.802. The molecule has 0 aliphatic heterocycles. The van der Waals surface area contributed by atoms with E-state index >= 15 is 0 Å². The Morgan fingerprint density at radius 3 is 2.21 bits per heavy atom. The SMILES string of the molecule is CCc1ccc(CNCc2ccc(C(C)C)cc2)s1. The van der Waals surface area contributed by atoms with Crippen LogP contribution in [0.5, 0.6) is 0 Å². The summed E-state index contributed by atoms with van der Waals surface area (Å²) in [5.74, 6) is 0.612. The third kappa shape index (κ3) is 4.19. The Labute approximate surface area is 120 Å². The summed E-state index contributed by atoms with van der Waals surface area (Å²) < 4.78 is 0. The Kier molecular flexibility index (Phi) is 5.17. The van der Waals surface area contributed by atoms with Gasteiger partial charge in [0.25, 0.3) is 0 Å². The molecule has 0 bridgehead atoms. The Balaban J connectivity index is 1.82. The van der Waals surface area contributed by atoms with Crippen LogP contribution in [-0.4, -0.2) is 0 Å². The van der Waals surface area contributed by atoms with Crippen LogP contribution >= 0.6 is 11.3 Å². The first kappa shape index (κ1) is 14.3. The molecule has 2 rings (SSSR count). The molecule has 102 valence electrons. The van der Waals surface area contributed by atoms with Crippen molar-refractivity contribution in [1.29, 1.82) is 0 Å². The van der Waals surface area contributed by atoms with E-state index in [0.29, 0.717) is 5.92 Å². The second-order valence-corrected chi connectivity index (χ2v) is 6.47. The molecule has 1 heterocycles. The summed E-state index contributed by atoms with van der Waals surface area (Å²) >= 11 is 1.91. The smallest absolute Gasteiger partial charge is 0.0303 e. The zero-order valence-electron chi connectivity index (χ0n) is 12.1. The maximum Gasteiger partial charge on any atom is 0.0303 e. The summed E-state index contributed by atoms with van der Waals surface area (Å²) in [7, 11) is 0. The van der Waals surface area contributed by atoms with E-state index in [0.717, 1.165) is 19.5 Å². The number of rotatable bonds is 6. The van der Waals surface area contributed by atoms with Gasteiger partial charge in [-0.25, -0.2) is 0 Å². The number of benzene rings is 1. The summed E-state index contributed by atoms with van der Waals surface area (Å²) in [5, 5.41) is 3.51. The Morgan fingerprint density at radius 1 is 0.947 bits per heavy atom. The lowest BCUT2D eigenvalue weighted by molar-refractivity contribution is 0.700. The highest BCUT2D eigenvalue weighted by molar-refractivity contribution is 7.11. The molecule has 1 nitrogen and oxygen atoms in total. The molecule has 0 aliphatic rings. The number of hydrogen-bond acceptors (Lipinski definition) is 2. The lowest BCUT2D eigenvalue weighted by atomic mass is 10.0. The molecule has 0 radical (unpaired) electrons. The Bertz CT molecular complexity index is 496. The van der Waals surface area contributed by atoms with Crippen molar-refractivity contribution >= 4 is 11.3 Å². The molecular formula is C17H23NS. The van der Waals surface area contributed by atoms with Crippen molar-refractivity contribution in [3.63, 3.8) is 0 Å². The zero-order valence-corrected chi connectivity index (χ0v) is 12.9. The Hall–Kier alpha value is -1.12. The third-order valence-corrected chi connectivity index (χ3v) is 4.57. The maximum atomic E-state index is 3.51. The summed E-state index contributed by atoms with van der Waals surface area (Å²) in [6.45, 7) is 8.58. The van der Waals surface area contributed by atoms with Crippen LogP contribution in [0, 0.1) is 0 Å². The van der Waals surface area contributed by atoms with Gasteiger partial charge in [0.15, 0.2) is 0 Å². The van der Waals surface area contributed by atoms with Crippen LogP contribution in [0.15, 0.2) is 36.4 Å². The van der Waals surface area contributed by atoms with Crippen LogP contribution in [0.2, 0.25) is 0 Å². The number of aryl methyl sites for hydroxylation is 1. The van der Waals surface area contributed by atoms with Gasteiger partial charge in [0.1, 0.15) is 0 Å². The summed E-state index contributed by atoms with van der Waals surface area (Å²) in [6, 6.07) is 13.4.